The lowest BCUT2D eigenvalue weighted by atomic mass is 9.70. The Morgan fingerprint density at radius 3 is 1.74 bits per heavy atom. The fraction of sp³-hybridized carbons (Fsp3) is 0.636. The molecule has 2 rings (SSSR count). The molecule has 0 aromatic heterocycles. The minimum Gasteiger partial charge on any atom is -0.375 e. The van der Waals surface area contributed by atoms with Crippen LogP contribution in [0, 0.1) is 11.8 Å². The Hall–Kier alpha value is -1.28. The molecule has 0 aromatic carbocycles. The number of nitrogens with zero attached hydrogens (tertiary/aromatic N) is 2. The van der Waals surface area contributed by atoms with E-state index in [4.69, 9.17) is 35.9 Å². The third-order valence-electron chi connectivity index (χ3n) is 3.63. The number of thiocarbonyl (C=S) groups is 2. The molecule has 0 radical (unpaired) electrons. The molecule has 8 heteroatoms. The van der Waals surface area contributed by atoms with E-state index in [1.165, 1.54) is 11.4 Å². The molecule has 0 spiro atoms. The van der Waals surface area contributed by atoms with Gasteiger partial charge < -0.3 is 11.5 Å². The normalized spacial score (nSPS) is 30.1. The van der Waals surface area contributed by atoms with Crippen molar-refractivity contribution in [2.75, 3.05) is 0 Å². The smallest absolute Gasteiger partial charge is 0.184 e. The molecule has 2 bridgehead atoms. The molecule has 6 nitrogen and oxygen atoms in total. The van der Waals surface area contributed by atoms with Crippen LogP contribution in [0.3, 0.4) is 0 Å². The van der Waals surface area contributed by atoms with Gasteiger partial charge in [-0.25, -0.2) is 0 Å². The van der Waals surface area contributed by atoms with Crippen LogP contribution in [0.25, 0.3) is 0 Å². The van der Waals surface area contributed by atoms with E-state index in [2.05, 4.69) is 21.1 Å². The largest absolute Gasteiger partial charge is 0.375 e. The van der Waals surface area contributed by atoms with Crippen LogP contribution in [-0.4, -0.2) is 21.6 Å². The number of nitrogens with two attached hydrogens (primary N) is 2. The highest BCUT2D eigenvalue weighted by Crippen LogP contribution is 2.36. The average molecular weight is 298 g/mol. The highest BCUT2D eigenvalue weighted by Gasteiger charge is 2.34. The zero-order valence-electron chi connectivity index (χ0n) is 10.6. The number of hydrogen-bond acceptors (Lipinski definition) is 4. The van der Waals surface area contributed by atoms with Crippen molar-refractivity contribution in [1.29, 1.82) is 0 Å². The molecule has 2 saturated carbocycles. The van der Waals surface area contributed by atoms with Gasteiger partial charge in [-0.05, 0) is 56.5 Å². The second-order valence-corrected chi connectivity index (χ2v) is 5.74. The summed E-state index contributed by atoms with van der Waals surface area (Å²) in [6.07, 6.45) is 5.09. The number of rotatable bonds is 2. The molecule has 0 saturated heterocycles. The van der Waals surface area contributed by atoms with Gasteiger partial charge in [-0.3, -0.25) is 10.9 Å². The maximum Gasteiger partial charge on any atom is 0.184 e. The van der Waals surface area contributed by atoms with Crippen molar-refractivity contribution in [3.63, 3.8) is 0 Å². The molecule has 2 aliphatic carbocycles. The Morgan fingerprint density at radius 2 is 1.37 bits per heavy atom. The van der Waals surface area contributed by atoms with E-state index >= 15 is 0 Å². The van der Waals surface area contributed by atoms with Crippen LogP contribution in [0.5, 0.6) is 0 Å². The Bertz CT molecular complexity index is 404. The quantitative estimate of drug-likeness (QED) is 0.439. The summed E-state index contributed by atoms with van der Waals surface area (Å²) in [5.41, 5.74) is 18.5. The Morgan fingerprint density at radius 1 is 0.947 bits per heavy atom. The highest BCUT2D eigenvalue weighted by molar-refractivity contribution is 7.80. The molecule has 2 atom stereocenters. The van der Waals surface area contributed by atoms with E-state index in [9.17, 15) is 0 Å². The summed E-state index contributed by atoms with van der Waals surface area (Å²) in [5, 5.41) is 9.05. The van der Waals surface area contributed by atoms with Crippen molar-refractivity contribution >= 4 is 46.1 Å². The number of hydrazone groups is 2. The van der Waals surface area contributed by atoms with Crippen LogP contribution in [0.2, 0.25) is 0 Å². The standard InChI is InChI=1S/C11H18N6S2/c12-10(18)16-14-8-3-1-6-5-7(8)2-4-9(6)15-17-11(13)19/h6-7H,1-5H2,(H3,12,16,18)(H3,13,17,19)/b14-8-,15-9+/t6-,7-/m1/s1. The first-order valence-electron chi connectivity index (χ1n) is 6.30. The first-order chi connectivity index (χ1) is 9.06. The van der Waals surface area contributed by atoms with Crippen molar-refractivity contribution in [2.45, 2.75) is 32.1 Å². The van der Waals surface area contributed by atoms with E-state index in [-0.39, 0.29) is 10.2 Å². The van der Waals surface area contributed by atoms with E-state index in [0.29, 0.717) is 11.8 Å². The summed E-state index contributed by atoms with van der Waals surface area (Å²) < 4.78 is 0. The maximum absolute atomic E-state index is 5.39. The molecular weight excluding hydrogens is 280 g/mol. The molecule has 2 fully saturated rings. The molecule has 0 unspecified atom stereocenters. The molecule has 0 aliphatic heterocycles. The van der Waals surface area contributed by atoms with Gasteiger partial charge in [0.25, 0.3) is 0 Å². The zero-order chi connectivity index (χ0) is 13.8. The molecule has 19 heavy (non-hydrogen) atoms. The lowest BCUT2D eigenvalue weighted by Gasteiger charge is -2.36. The summed E-state index contributed by atoms with van der Waals surface area (Å²) in [5.74, 6) is 1.01. The molecule has 0 amide bonds. The average Bonchev–Trinajstić information content (AvgIpc) is 2.36. The van der Waals surface area contributed by atoms with Gasteiger partial charge in [-0.2, -0.15) is 10.2 Å². The summed E-state index contributed by atoms with van der Waals surface area (Å²) >= 11 is 9.52. The second kappa shape index (κ2) is 6.25. The molecule has 104 valence electrons. The first-order valence-corrected chi connectivity index (χ1v) is 7.11. The number of fused-ring (bicyclic) bond motifs is 2. The molecule has 0 aromatic rings. The van der Waals surface area contributed by atoms with Gasteiger partial charge in [0.2, 0.25) is 0 Å². The van der Waals surface area contributed by atoms with Crippen molar-refractivity contribution in [3.8, 4) is 0 Å². The van der Waals surface area contributed by atoms with Crippen molar-refractivity contribution in [3.05, 3.63) is 0 Å². The van der Waals surface area contributed by atoms with Gasteiger partial charge in [0, 0.05) is 23.3 Å². The van der Waals surface area contributed by atoms with Crippen LogP contribution >= 0.6 is 24.4 Å². The fourth-order valence-corrected chi connectivity index (χ4v) is 2.88. The summed E-state index contributed by atoms with van der Waals surface area (Å²) in [7, 11) is 0. The Labute approximate surface area is 123 Å². The van der Waals surface area contributed by atoms with E-state index < -0.39 is 0 Å². The summed E-state index contributed by atoms with van der Waals surface area (Å²) in [4.78, 5) is 0. The van der Waals surface area contributed by atoms with Gasteiger partial charge in [-0.1, -0.05) is 0 Å². The van der Waals surface area contributed by atoms with Crippen LogP contribution in [-0.2, 0) is 0 Å². The number of hydrogen-bond donors (Lipinski definition) is 4. The highest BCUT2D eigenvalue weighted by atomic mass is 32.1. The maximum atomic E-state index is 5.39. The van der Waals surface area contributed by atoms with Gasteiger partial charge in [0.1, 0.15) is 0 Å². The molecule has 0 heterocycles. The topological polar surface area (TPSA) is 101 Å². The SMILES string of the molecule is NC(=S)N/N=C1/CC[C@@H]2C[C@H]1CC/C2=N\NC(N)=S. The minimum absolute atomic E-state index is 0.216. The van der Waals surface area contributed by atoms with Crippen molar-refractivity contribution < 1.29 is 0 Å². The lowest BCUT2D eigenvalue weighted by Crippen LogP contribution is -2.38. The predicted molar refractivity (Wildman–Crippen MR) is 84.8 cm³/mol. The van der Waals surface area contributed by atoms with Gasteiger partial charge in [0.15, 0.2) is 10.2 Å². The minimum atomic E-state index is 0.216. The monoisotopic (exact) mass is 298 g/mol. The van der Waals surface area contributed by atoms with Crippen molar-refractivity contribution in [1.82, 2.24) is 10.9 Å². The van der Waals surface area contributed by atoms with Gasteiger partial charge in [0.05, 0.1) is 0 Å². The van der Waals surface area contributed by atoms with Crippen LogP contribution in [0.4, 0.5) is 0 Å². The zero-order valence-corrected chi connectivity index (χ0v) is 12.2. The Balaban J connectivity index is 1.98. The van der Waals surface area contributed by atoms with Gasteiger partial charge >= 0.3 is 0 Å². The first kappa shape index (κ1) is 14.1. The lowest BCUT2D eigenvalue weighted by molar-refractivity contribution is 0.404. The third kappa shape index (κ3) is 3.84. The fourth-order valence-electron chi connectivity index (χ4n) is 2.79. The molecular formula is C11H18N6S2. The number of nitrogens with one attached hydrogen (secondary N) is 2. The Kier molecular flexibility index (Phi) is 4.65. The van der Waals surface area contributed by atoms with E-state index in [0.717, 1.165) is 32.1 Å². The molecule has 6 N–H and O–H groups in total. The summed E-state index contributed by atoms with van der Waals surface area (Å²) in [6.45, 7) is 0. The van der Waals surface area contributed by atoms with E-state index in [1.807, 2.05) is 0 Å². The molecule has 2 aliphatic rings. The van der Waals surface area contributed by atoms with Crippen LogP contribution in [0.1, 0.15) is 32.1 Å². The van der Waals surface area contributed by atoms with Crippen LogP contribution < -0.4 is 22.3 Å². The van der Waals surface area contributed by atoms with Crippen molar-refractivity contribution in [2.24, 2.45) is 33.5 Å². The third-order valence-corrected chi connectivity index (χ3v) is 3.81. The summed E-state index contributed by atoms with van der Waals surface area (Å²) in [6, 6.07) is 0. The van der Waals surface area contributed by atoms with Crippen LogP contribution in [0.15, 0.2) is 10.2 Å². The second-order valence-electron chi connectivity index (χ2n) is 4.87. The predicted octanol–water partition coefficient (Wildman–Crippen LogP) is 0.575. The van der Waals surface area contributed by atoms with Gasteiger partial charge in [-0.15, -0.1) is 0 Å². The van der Waals surface area contributed by atoms with E-state index in [1.54, 1.807) is 0 Å².